The van der Waals surface area contributed by atoms with E-state index in [1.165, 1.54) is 0 Å². The quantitative estimate of drug-likeness (QED) is 0.800. The Morgan fingerprint density at radius 3 is 2.69 bits per heavy atom. The summed E-state index contributed by atoms with van der Waals surface area (Å²) in [6.07, 6.45) is 2.31. The highest BCUT2D eigenvalue weighted by Crippen LogP contribution is 2.13. The van der Waals surface area contributed by atoms with E-state index in [4.69, 9.17) is 4.74 Å². The van der Waals surface area contributed by atoms with E-state index in [9.17, 15) is 13.2 Å². The summed E-state index contributed by atoms with van der Waals surface area (Å²) in [7, 11) is -3.54. The lowest BCUT2D eigenvalue weighted by atomic mass is 10.1. The van der Waals surface area contributed by atoms with Crippen molar-refractivity contribution in [2.75, 3.05) is 6.61 Å². The fourth-order valence-electron chi connectivity index (χ4n) is 1.47. The van der Waals surface area contributed by atoms with Crippen LogP contribution in [0.5, 0.6) is 0 Å². The molecule has 1 aliphatic heterocycles. The predicted molar refractivity (Wildman–Crippen MR) is 60.4 cm³/mol. The minimum absolute atomic E-state index is 0.480. The lowest BCUT2D eigenvalue weighted by Gasteiger charge is -2.22. The van der Waals surface area contributed by atoms with Crippen LogP contribution in [-0.4, -0.2) is 32.3 Å². The molecule has 94 valence electrons. The Bertz CT molecular complexity index is 333. The van der Waals surface area contributed by atoms with Gasteiger partial charge in [0.05, 0.1) is 5.25 Å². The number of rotatable bonds is 4. The zero-order chi connectivity index (χ0) is 12.2. The van der Waals surface area contributed by atoms with Crippen molar-refractivity contribution < 1.29 is 17.9 Å². The number of carbonyl (C=O) groups excluding carboxylic acids is 1. The van der Waals surface area contributed by atoms with Crippen molar-refractivity contribution >= 4 is 15.9 Å². The van der Waals surface area contributed by atoms with E-state index < -0.39 is 27.3 Å². The Morgan fingerprint density at radius 2 is 2.19 bits per heavy atom. The zero-order valence-corrected chi connectivity index (χ0v) is 10.5. The third kappa shape index (κ3) is 3.45. The second-order valence-electron chi connectivity index (χ2n) is 4.09. The fraction of sp³-hybridized carbons (Fsp3) is 0.900. The van der Waals surface area contributed by atoms with Gasteiger partial charge in [-0.15, -0.1) is 0 Å². The van der Waals surface area contributed by atoms with E-state index in [0.717, 1.165) is 12.8 Å². The second kappa shape index (κ2) is 5.63. The van der Waals surface area contributed by atoms with Crippen molar-refractivity contribution in [3.05, 3.63) is 0 Å². The lowest BCUT2D eigenvalue weighted by Crippen LogP contribution is -2.44. The molecule has 1 saturated heterocycles. The van der Waals surface area contributed by atoms with Crippen molar-refractivity contribution in [2.24, 2.45) is 0 Å². The molecule has 1 rings (SSSR count). The van der Waals surface area contributed by atoms with Crippen LogP contribution < -0.4 is 4.72 Å². The molecule has 2 unspecified atom stereocenters. The van der Waals surface area contributed by atoms with Crippen molar-refractivity contribution in [3.63, 3.8) is 0 Å². The maximum atomic E-state index is 11.6. The molecule has 0 aromatic heterocycles. The number of carbonyl (C=O) groups is 1. The summed E-state index contributed by atoms with van der Waals surface area (Å²) in [5, 5.41) is -0.556. The number of ether oxygens (including phenoxy) is 1. The Hall–Kier alpha value is -0.620. The molecule has 16 heavy (non-hydrogen) atoms. The molecule has 1 aliphatic rings. The molecule has 0 radical (unpaired) electrons. The van der Waals surface area contributed by atoms with Crippen LogP contribution >= 0.6 is 0 Å². The van der Waals surface area contributed by atoms with Crippen LogP contribution in [0, 0.1) is 0 Å². The second-order valence-corrected chi connectivity index (χ2v) is 6.18. The van der Waals surface area contributed by atoms with Gasteiger partial charge in [-0.3, -0.25) is 9.52 Å². The zero-order valence-electron chi connectivity index (χ0n) is 9.73. The lowest BCUT2D eigenvalue weighted by molar-refractivity contribution is -0.133. The summed E-state index contributed by atoms with van der Waals surface area (Å²) < 4.78 is 30.6. The van der Waals surface area contributed by atoms with Crippen LogP contribution in [0.25, 0.3) is 0 Å². The Morgan fingerprint density at radius 1 is 1.50 bits per heavy atom. The van der Waals surface area contributed by atoms with Crippen LogP contribution in [0.15, 0.2) is 0 Å². The number of amides is 1. The smallest absolute Gasteiger partial charge is 0.262 e. The third-order valence-corrected chi connectivity index (χ3v) is 4.70. The van der Waals surface area contributed by atoms with E-state index in [1.807, 2.05) is 0 Å². The standard InChI is InChI=1S/C10H19NO4S/c1-3-8(2)16(13,14)11-10(12)9-6-4-5-7-15-9/h8-9H,3-7H2,1-2H3,(H,11,12). The molecule has 1 heterocycles. The van der Waals surface area contributed by atoms with Gasteiger partial charge in [0.25, 0.3) is 5.91 Å². The average Bonchev–Trinajstić information content (AvgIpc) is 2.28. The van der Waals surface area contributed by atoms with Crippen LogP contribution in [0.2, 0.25) is 0 Å². The molecule has 0 aromatic carbocycles. The third-order valence-electron chi connectivity index (χ3n) is 2.82. The highest BCUT2D eigenvalue weighted by atomic mass is 32.2. The molecule has 0 aliphatic carbocycles. The molecule has 5 nitrogen and oxygen atoms in total. The molecule has 1 fully saturated rings. The Labute approximate surface area is 96.6 Å². The van der Waals surface area contributed by atoms with Gasteiger partial charge in [0, 0.05) is 6.61 Å². The van der Waals surface area contributed by atoms with Crippen molar-refractivity contribution in [1.29, 1.82) is 0 Å². The first-order chi connectivity index (χ1) is 7.47. The van der Waals surface area contributed by atoms with Crippen molar-refractivity contribution in [1.82, 2.24) is 4.72 Å². The molecule has 1 amide bonds. The molecule has 0 spiro atoms. The van der Waals surface area contributed by atoms with Gasteiger partial charge in [-0.25, -0.2) is 8.42 Å². The fourth-order valence-corrected chi connectivity index (χ4v) is 2.53. The molecule has 0 bridgehead atoms. The first kappa shape index (κ1) is 13.4. The SMILES string of the molecule is CCC(C)S(=O)(=O)NC(=O)C1CCCCO1. The van der Waals surface area contributed by atoms with E-state index >= 15 is 0 Å². The monoisotopic (exact) mass is 249 g/mol. The maximum absolute atomic E-state index is 11.6. The van der Waals surface area contributed by atoms with Gasteiger partial charge in [-0.2, -0.15) is 0 Å². The summed E-state index contributed by atoms with van der Waals surface area (Å²) in [5.74, 6) is -0.528. The van der Waals surface area contributed by atoms with E-state index in [2.05, 4.69) is 4.72 Å². The highest BCUT2D eigenvalue weighted by Gasteiger charge is 2.28. The summed E-state index contributed by atoms with van der Waals surface area (Å²) in [5.41, 5.74) is 0. The summed E-state index contributed by atoms with van der Waals surface area (Å²) in [6, 6.07) is 0. The molecule has 0 aromatic rings. The number of hydrogen-bond acceptors (Lipinski definition) is 4. The van der Waals surface area contributed by atoms with Crippen LogP contribution in [0.3, 0.4) is 0 Å². The average molecular weight is 249 g/mol. The minimum Gasteiger partial charge on any atom is -0.368 e. The van der Waals surface area contributed by atoms with Gasteiger partial charge in [-0.05, 0) is 32.6 Å². The van der Waals surface area contributed by atoms with Crippen LogP contribution in [-0.2, 0) is 19.6 Å². The van der Waals surface area contributed by atoms with Gasteiger partial charge in [-0.1, -0.05) is 6.92 Å². The van der Waals surface area contributed by atoms with Gasteiger partial charge >= 0.3 is 0 Å². The summed E-state index contributed by atoms with van der Waals surface area (Å²) >= 11 is 0. The number of hydrogen-bond donors (Lipinski definition) is 1. The van der Waals surface area contributed by atoms with Gasteiger partial charge in [0.1, 0.15) is 6.10 Å². The van der Waals surface area contributed by atoms with E-state index in [1.54, 1.807) is 13.8 Å². The highest BCUT2D eigenvalue weighted by molar-refractivity contribution is 7.90. The van der Waals surface area contributed by atoms with Crippen molar-refractivity contribution in [2.45, 2.75) is 50.9 Å². The molecular weight excluding hydrogens is 230 g/mol. The minimum atomic E-state index is -3.54. The predicted octanol–water partition coefficient (Wildman–Crippen LogP) is 0.800. The molecule has 6 heteroatoms. The Balaban J connectivity index is 2.56. The van der Waals surface area contributed by atoms with Gasteiger partial charge < -0.3 is 4.74 Å². The van der Waals surface area contributed by atoms with Crippen LogP contribution in [0.4, 0.5) is 0 Å². The normalized spacial score (nSPS) is 23.8. The molecule has 1 N–H and O–H groups in total. The summed E-state index contributed by atoms with van der Waals surface area (Å²) in [4.78, 5) is 11.6. The molecular formula is C10H19NO4S. The van der Waals surface area contributed by atoms with Gasteiger partial charge in [0.15, 0.2) is 0 Å². The van der Waals surface area contributed by atoms with Gasteiger partial charge in [0.2, 0.25) is 10.0 Å². The van der Waals surface area contributed by atoms with E-state index in [0.29, 0.717) is 19.4 Å². The topological polar surface area (TPSA) is 72.5 Å². The first-order valence-corrected chi connectivity index (χ1v) is 7.19. The molecule has 2 atom stereocenters. The summed E-state index contributed by atoms with van der Waals surface area (Å²) in [6.45, 7) is 3.88. The number of nitrogens with one attached hydrogen (secondary N) is 1. The maximum Gasteiger partial charge on any atom is 0.262 e. The molecule has 0 saturated carbocycles. The van der Waals surface area contributed by atoms with E-state index in [-0.39, 0.29) is 0 Å². The Kier molecular flexibility index (Phi) is 4.73. The van der Waals surface area contributed by atoms with Crippen molar-refractivity contribution in [3.8, 4) is 0 Å². The van der Waals surface area contributed by atoms with Crippen LogP contribution in [0.1, 0.15) is 39.5 Å². The first-order valence-electron chi connectivity index (χ1n) is 5.64. The largest absolute Gasteiger partial charge is 0.368 e. The number of sulfonamides is 1.